The van der Waals surface area contributed by atoms with Gasteiger partial charge in [0.05, 0.1) is 13.0 Å². The lowest BCUT2D eigenvalue weighted by Gasteiger charge is -2.10. The Bertz CT molecular complexity index is 434. The van der Waals surface area contributed by atoms with E-state index in [-0.39, 0.29) is 18.5 Å². The molecule has 4 nitrogen and oxygen atoms in total. The van der Waals surface area contributed by atoms with Crippen molar-refractivity contribution < 1.29 is 14.3 Å². The number of hydrogen-bond acceptors (Lipinski definition) is 4. The summed E-state index contributed by atoms with van der Waals surface area (Å²) in [5.41, 5.74) is 0.859. The molecule has 0 aromatic carbocycles. The van der Waals surface area contributed by atoms with E-state index in [0.717, 1.165) is 5.56 Å². The molecule has 102 valence electrons. The van der Waals surface area contributed by atoms with Gasteiger partial charge in [-0.15, -0.1) is 0 Å². The van der Waals surface area contributed by atoms with Crippen molar-refractivity contribution >= 4 is 5.97 Å². The molecular weight excluding hydrogens is 242 g/mol. The summed E-state index contributed by atoms with van der Waals surface area (Å²) >= 11 is 0. The van der Waals surface area contributed by atoms with Gasteiger partial charge in [-0.3, -0.25) is 9.78 Å². The number of hydrogen-bond donors (Lipinski definition) is 0. The molecule has 0 fully saturated rings. The molecule has 0 N–H and O–H groups in total. The molecule has 0 aliphatic carbocycles. The van der Waals surface area contributed by atoms with E-state index in [1.165, 1.54) is 0 Å². The van der Waals surface area contributed by atoms with Crippen molar-refractivity contribution in [2.24, 2.45) is 0 Å². The van der Waals surface area contributed by atoms with Gasteiger partial charge in [-0.1, -0.05) is 11.8 Å². The van der Waals surface area contributed by atoms with Crippen LogP contribution in [0.25, 0.3) is 0 Å². The average Bonchev–Trinajstić information content (AvgIpc) is 2.40. The lowest BCUT2D eigenvalue weighted by atomic mass is 10.2. The van der Waals surface area contributed by atoms with Crippen LogP contribution in [-0.4, -0.2) is 30.3 Å². The van der Waals surface area contributed by atoms with Crippen LogP contribution < -0.4 is 0 Å². The van der Waals surface area contributed by atoms with Crippen LogP contribution in [-0.2, 0) is 14.3 Å². The molecule has 1 aromatic heterocycles. The van der Waals surface area contributed by atoms with Gasteiger partial charge in [0.15, 0.2) is 0 Å². The number of carbonyl (C=O) groups is 1. The van der Waals surface area contributed by atoms with E-state index in [1.807, 2.05) is 26.0 Å². The topological polar surface area (TPSA) is 48.4 Å². The summed E-state index contributed by atoms with van der Waals surface area (Å²) in [7, 11) is 0. The van der Waals surface area contributed by atoms with Crippen molar-refractivity contribution in [2.75, 3.05) is 13.2 Å². The summed E-state index contributed by atoms with van der Waals surface area (Å²) in [6, 6.07) is 3.72. The third-order valence-corrected chi connectivity index (χ3v) is 2.27. The van der Waals surface area contributed by atoms with Gasteiger partial charge >= 0.3 is 5.97 Å². The summed E-state index contributed by atoms with van der Waals surface area (Å²) in [4.78, 5) is 15.4. The van der Waals surface area contributed by atoms with Crippen LogP contribution >= 0.6 is 0 Å². The Hall–Kier alpha value is -1.86. The van der Waals surface area contributed by atoms with Gasteiger partial charge in [0, 0.05) is 31.0 Å². The Balaban J connectivity index is 2.26. The second-order valence-corrected chi connectivity index (χ2v) is 4.00. The normalized spacial score (nSPS) is 11.3. The predicted molar refractivity (Wildman–Crippen MR) is 72.4 cm³/mol. The molecule has 0 aliphatic rings. The fraction of sp³-hybridized carbons (Fsp3) is 0.467. The van der Waals surface area contributed by atoms with Crippen LogP contribution in [0.5, 0.6) is 0 Å². The fourth-order valence-corrected chi connectivity index (χ4v) is 1.36. The number of nitrogens with zero attached hydrogens (tertiary/aromatic N) is 1. The average molecular weight is 261 g/mol. The molecule has 1 aromatic rings. The first-order chi connectivity index (χ1) is 9.22. The molecule has 1 heterocycles. The van der Waals surface area contributed by atoms with Gasteiger partial charge in [-0.05, 0) is 26.0 Å². The zero-order valence-electron chi connectivity index (χ0n) is 11.4. The van der Waals surface area contributed by atoms with Crippen molar-refractivity contribution in [1.82, 2.24) is 4.98 Å². The fourth-order valence-electron chi connectivity index (χ4n) is 1.36. The maximum absolute atomic E-state index is 11.4. The Labute approximate surface area is 114 Å². The summed E-state index contributed by atoms with van der Waals surface area (Å²) in [6.45, 7) is 4.74. The van der Waals surface area contributed by atoms with Crippen LogP contribution in [0.15, 0.2) is 24.5 Å². The van der Waals surface area contributed by atoms with E-state index in [1.54, 1.807) is 12.4 Å². The highest BCUT2D eigenvalue weighted by atomic mass is 16.5. The van der Waals surface area contributed by atoms with E-state index in [0.29, 0.717) is 19.6 Å². The van der Waals surface area contributed by atoms with Crippen LogP contribution in [0, 0.1) is 11.8 Å². The summed E-state index contributed by atoms with van der Waals surface area (Å²) in [5, 5.41) is 0. The number of rotatable bonds is 6. The molecule has 4 heteroatoms. The van der Waals surface area contributed by atoms with Crippen LogP contribution in [0.4, 0.5) is 0 Å². The van der Waals surface area contributed by atoms with Crippen molar-refractivity contribution in [3.05, 3.63) is 30.1 Å². The van der Waals surface area contributed by atoms with Gasteiger partial charge in [-0.25, -0.2) is 0 Å². The molecule has 1 rings (SSSR count). The quantitative estimate of drug-likeness (QED) is 0.447. The van der Waals surface area contributed by atoms with Crippen molar-refractivity contribution in [1.29, 1.82) is 0 Å². The Morgan fingerprint density at radius 2 is 2.37 bits per heavy atom. The molecule has 0 saturated carbocycles. The molecule has 0 amide bonds. The second kappa shape index (κ2) is 9.12. The maximum atomic E-state index is 11.4. The third-order valence-electron chi connectivity index (χ3n) is 2.27. The van der Waals surface area contributed by atoms with E-state index in [2.05, 4.69) is 16.8 Å². The summed E-state index contributed by atoms with van der Waals surface area (Å²) in [5.74, 6) is 5.70. The lowest BCUT2D eigenvalue weighted by molar-refractivity contribution is -0.149. The molecule has 1 atom stereocenters. The third kappa shape index (κ3) is 7.22. The minimum absolute atomic E-state index is 0.210. The molecule has 0 radical (unpaired) electrons. The number of pyridine rings is 1. The highest BCUT2D eigenvalue weighted by Crippen LogP contribution is 2.00. The zero-order chi connectivity index (χ0) is 13.9. The molecular formula is C15H19NO3. The number of carbonyl (C=O) groups excluding carboxylic acids is 1. The standard InChI is InChI=1S/C15H19NO3/c1-3-18-11-9-15(17)19-13(2)6-4-7-14-8-5-10-16-12-14/h5,8,10,12-13H,3,6,9,11H2,1-2H3/t13-/m1/s1. The Kier molecular flexibility index (Phi) is 7.30. The van der Waals surface area contributed by atoms with Gasteiger partial charge < -0.3 is 9.47 Å². The lowest BCUT2D eigenvalue weighted by Crippen LogP contribution is -2.15. The molecule has 0 unspecified atom stereocenters. The first kappa shape index (κ1) is 15.2. The highest BCUT2D eigenvalue weighted by molar-refractivity contribution is 5.69. The minimum atomic E-state index is -0.246. The molecule has 0 bridgehead atoms. The van der Waals surface area contributed by atoms with Crippen LogP contribution in [0.3, 0.4) is 0 Å². The number of aromatic nitrogens is 1. The van der Waals surface area contributed by atoms with Crippen molar-refractivity contribution in [3.8, 4) is 11.8 Å². The minimum Gasteiger partial charge on any atom is -0.462 e. The van der Waals surface area contributed by atoms with Crippen molar-refractivity contribution in [3.63, 3.8) is 0 Å². The summed E-state index contributed by atoms with van der Waals surface area (Å²) in [6.07, 6.45) is 3.99. The SMILES string of the molecule is CCOCCC(=O)O[C@H](C)CC#Cc1cccnc1. The monoisotopic (exact) mass is 261 g/mol. The smallest absolute Gasteiger partial charge is 0.308 e. The van der Waals surface area contributed by atoms with Crippen LogP contribution in [0.1, 0.15) is 32.3 Å². The van der Waals surface area contributed by atoms with Gasteiger partial charge in [0.25, 0.3) is 0 Å². The first-order valence-electron chi connectivity index (χ1n) is 6.38. The molecule has 0 saturated heterocycles. The van der Waals surface area contributed by atoms with Gasteiger partial charge in [0.2, 0.25) is 0 Å². The summed E-state index contributed by atoms with van der Waals surface area (Å²) < 4.78 is 10.3. The Morgan fingerprint density at radius 3 is 3.05 bits per heavy atom. The zero-order valence-corrected chi connectivity index (χ0v) is 11.4. The number of esters is 1. The largest absolute Gasteiger partial charge is 0.462 e. The maximum Gasteiger partial charge on any atom is 0.308 e. The van der Waals surface area contributed by atoms with Crippen LogP contribution in [0.2, 0.25) is 0 Å². The number of ether oxygens (including phenoxy) is 2. The van der Waals surface area contributed by atoms with E-state index >= 15 is 0 Å². The van der Waals surface area contributed by atoms with E-state index in [9.17, 15) is 4.79 Å². The molecule has 0 aliphatic heterocycles. The van der Waals surface area contributed by atoms with E-state index < -0.39 is 0 Å². The highest BCUT2D eigenvalue weighted by Gasteiger charge is 2.07. The Morgan fingerprint density at radius 1 is 1.53 bits per heavy atom. The van der Waals surface area contributed by atoms with Gasteiger partial charge in [0.1, 0.15) is 6.10 Å². The first-order valence-corrected chi connectivity index (χ1v) is 6.38. The molecule has 0 spiro atoms. The molecule has 19 heavy (non-hydrogen) atoms. The van der Waals surface area contributed by atoms with E-state index in [4.69, 9.17) is 9.47 Å². The second-order valence-electron chi connectivity index (χ2n) is 4.00. The van der Waals surface area contributed by atoms with Gasteiger partial charge in [-0.2, -0.15) is 0 Å². The predicted octanol–water partition coefficient (Wildman–Crippen LogP) is 2.18. The van der Waals surface area contributed by atoms with Crippen molar-refractivity contribution in [2.45, 2.75) is 32.8 Å².